The van der Waals surface area contributed by atoms with Crippen molar-refractivity contribution in [2.24, 2.45) is 5.92 Å². The van der Waals surface area contributed by atoms with E-state index < -0.39 is 0 Å². The first kappa shape index (κ1) is 17.0. The van der Waals surface area contributed by atoms with Crippen LogP contribution in [-0.4, -0.2) is 29.1 Å². The molecule has 0 spiro atoms. The van der Waals surface area contributed by atoms with Gasteiger partial charge in [0.2, 0.25) is 0 Å². The molecule has 0 heterocycles. The molecule has 1 atom stereocenters. The summed E-state index contributed by atoms with van der Waals surface area (Å²) in [5.74, 6) is 0.689. The van der Waals surface area contributed by atoms with Gasteiger partial charge in [0.15, 0.2) is 0 Å². The van der Waals surface area contributed by atoms with Crippen LogP contribution < -0.4 is 0 Å². The summed E-state index contributed by atoms with van der Waals surface area (Å²) in [5, 5.41) is 10.4. The maximum Gasteiger partial charge on any atom is 0.0802 e. The zero-order valence-corrected chi connectivity index (χ0v) is 14.8. The molecule has 1 aromatic rings. The monoisotopic (exact) mass is 353 g/mol. The number of aliphatic hydroxyl groups excluding tert-OH is 1. The first-order valence-electron chi connectivity index (χ1n) is 8.24. The maximum atomic E-state index is 10.4. The van der Waals surface area contributed by atoms with Crippen molar-refractivity contribution in [3.63, 3.8) is 0 Å². The van der Waals surface area contributed by atoms with Crippen molar-refractivity contribution in [3.8, 4) is 0 Å². The van der Waals surface area contributed by atoms with E-state index in [0.29, 0.717) is 5.92 Å². The van der Waals surface area contributed by atoms with E-state index in [1.165, 1.54) is 25.7 Å². The molecular weight excluding hydrogens is 326 g/mol. The highest BCUT2D eigenvalue weighted by molar-refractivity contribution is 9.10. The van der Waals surface area contributed by atoms with Crippen molar-refractivity contribution >= 4 is 15.9 Å². The Kier molecular flexibility index (Phi) is 6.72. The third-order valence-corrected chi connectivity index (χ3v) is 4.86. The second kappa shape index (κ2) is 8.30. The zero-order valence-electron chi connectivity index (χ0n) is 13.3. The number of rotatable bonds is 7. The molecule has 1 fully saturated rings. The summed E-state index contributed by atoms with van der Waals surface area (Å²) in [4.78, 5) is 2.61. The van der Waals surface area contributed by atoms with Crippen LogP contribution in [0.4, 0.5) is 0 Å². The number of hydrogen-bond acceptors (Lipinski definition) is 2. The maximum absolute atomic E-state index is 10.4. The third-order valence-electron chi connectivity index (χ3n) is 4.36. The normalized spacial score (nSPS) is 17.8. The van der Waals surface area contributed by atoms with E-state index in [1.54, 1.807) is 0 Å². The molecule has 2 nitrogen and oxygen atoms in total. The second-order valence-corrected chi connectivity index (χ2v) is 7.60. The van der Waals surface area contributed by atoms with Crippen molar-refractivity contribution < 1.29 is 5.11 Å². The van der Waals surface area contributed by atoms with Gasteiger partial charge in [-0.1, -0.05) is 54.8 Å². The molecule has 0 amide bonds. The van der Waals surface area contributed by atoms with Crippen LogP contribution >= 0.6 is 15.9 Å². The molecule has 2 rings (SSSR count). The van der Waals surface area contributed by atoms with Gasteiger partial charge in [-0.25, -0.2) is 0 Å². The summed E-state index contributed by atoms with van der Waals surface area (Å²) in [5.41, 5.74) is 1.01. The Morgan fingerprint density at radius 1 is 1.29 bits per heavy atom. The van der Waals surface area contributed by atoms with Gasteiger partial charge in [0, 0.05) is 23.6 Å². The molecule has 0 radical (unpaired) electrons. The lowest BCUT2D eigenvalue weighted by Gasteiger charge is -2.31. The van der Waals surface area contributed by atoms with Crippen LogP contribution in [-0.2, 0) is 0 Å². The van der Waals surface area contributed by atoms with E-state index in [0.717, 1.165) is 35.6 Å². The summed E-state index contributed by atoms with van der Waals surface area (Å²) >= 11 is 3.48. The van der Waals surface area contributed by atoms with E-state index in [4.69, 9.17) is 0 Å². The highest BCUT2D eigenvalue weighted by Gasteiger charge is 2.23. The fourth-order valence-corrected chi connectivity index (χ4v) is 3.75. The molecule has 1 unspecified atom stereocenters. The lowest BCUT2D eigenvalue weighted by molar-refractivity contribution is 0.116. The number of halogens is 1. The number of hydrogen-bond donors (Lipinski definition) is 1. The van der Waals surface area contributed by atoms with Crippen molar-refractivity contribution in [2.45, 2.75) is 58.1 Å². The summed E-state index contributed by atoms with van der Waals surface area (Å²) in [7, 11) is 0. The predicted octanol–water partition coefficient (Wildman–Crippen LogP) is 4.77. The molecule has 3 heteroatoms. The van der Waals surface area contributed by atoms with Crippen LogP contribution in [0.15, 0.2) is 28.7 Å². The van der Waals surface area contributed by atoms with Crippen LogP contribution in [0.5, 0.6) is 0 Å². The van der Waals surface area contributed by atoms with Gasteiger partial charge in [-0.05, 0) is 42.9 Å². The number of aliphatic hydroxyl groups is 1. The van der Waals surface area contributed by atoms with Crippen molar-refractivity contribution in [1.29, 1.82) is 0 Å². The quantitative estimate of drug-likeness (QED) is 0.762. The molecule has 118 valence electrons. The van der Waals surface area contributed by atoms with Gasteiger partial charge in [0.1, 0.15) is 0 Å². The van der Waals surface area contributed by atoms with Gasteiger partial charge >= 0.3 is 0 Å². The zero-order chi connectivity index (χ0) is 15.2. The number of nitrogens with zero attached hydrogens (tertiary/aromatic N) is 1. The van der Waals surface area contributed by atoms with Crippen LogP contribution in [0.1, 0.15) is 57.6 Å². The standard InChI is InChI=1S/C18H28BrNO/c1-14(2)13-20(17-8-3-4-9-17)11-10-18(21)15-6-5-7-16(19)12-15/h5-7,12,14,17-18,21H,3-4,8-11,13H2,1-2H3. The fourth-order valence-electron chi connectivity index (χ4n) is 3.33. The molecule has 0 aromatic heterocycles. The molecule has 21 heavy (non-hydrogen) atoms. The number of benzene rings is 1. The predicted molar refractivity (Wildman–Crippen MR) is 92.4 cm³/mol. The highest BCUT2D eigenvalue weighted by atomic mass is 79.9. The van der Waals surface area contributed by atoms with Crippen molar-refractivity contribution in [1.82, 2.24) is 4.90 Å². The van der Waals surface area contributed by atoms with Gasteiger partial charge in [-0.3, -0.25) is 0 Å². The van der Waals surface area contributed by atoms with Gasteiger partial charge in [0.05, 0.1) is 6.10 Å². The van der Waals surface area contributed by atoms with Crippen LogP contribution in [0.3, 0.4) is 0 Å². The minimum absolute atomic E-state index is 0.362. The first-order chi connectivity index (χ1) is 10.1. The Balaban J connectivity index is 1.90. The van der Waals surface area contributed by atoms with Crippen molar-refractivity contribution in [3.05, 3.63) is 34.3 Å². The van der Waals surface area contributed by atoms with Crippen molar-refractivity contribution in [2.75, 3.05) is 13.1 Å². The van der Waals surface area contributed by atoms with E-state index in [-0.39, 0.29) is 6.10 Å². The first-order valence-corrected chi connectivity index (χ1v) is 9.03. The van der Waals surface area contributed by atoms with Crippen LogP contribution in [0.2, 0.25) is 0 Å². The molecule has 1 aliphatic rings. The lowest BCUT2D eigenvalue weighted by Crippen LogP contribution is -2.37. The molecule has 1 saturated carbocycles. The topological polar surface area (TPSA) is 23.5 Å². The third kappa shape index (κ3) is 5.39. The second-order valence-electron chi connectivity index (χ2n) is 6.69. The molecule has 1 aliphatic carbocycles. The largest absolute Gasteiger partial charge is 0.388 e. The molecule has 0 aliphatic heterocycles. The summed E-state index contributed by atoms with van der Waals surface area (Å²) in [6.45, 7) is 6.71. The molecule has 1 aromatic carbocycles. The minimum Gasteiger partial charge on any atom is -0.388 e. The van der Waals surface area contributed by atoms with Gasteiger partial charge in [-0.15, -0.1) is 0 Å². The minimum atomic E-state index is -0.362. The molecule has 0 saturated heterocycles. The van der Waals surface area contributed by atoms with E-state index in [2.05, 4.69) is 34.7 Å². The Labute approximate surface area is 137 Å². The SMILES string of the molecule is CC(C)CN(CCC(O)c1cccc(Br)c1)C1CCCC1. The summed E-state index contributed by atoms with van der Waals surface area (Å²) < 4.78 is 1.04. The smallest absolute Gasteiger partial charge is 0.0802 e. The highest BCUT2D eigenvalue weighted by Crippen LogP contribution is 2.26. The summed E-state index contributed by atoms with van der Waals surface area (Å²) in [6.07, 6.45) is 5.86. The molecule has 1 N–H and O–H groups in total. The average molecular weight is 354 g/mol. The van der Waals surface area contributed by atoms with E-state index in [9.17, 15) is 5.11 Å². The summed E-state index contributed by atoms with van der Waals surface area (Å²) in [6, 6.07) is 8.76. The van der Waals surface area contributed by atoms with E-state index in [1.807, 2.05) is 24.3 Å². The van der Waals surface area contributed by atoms with E-state index >= 15 is 0 Å². The van der Waals surface area contributed by atoms with Crippen LogP contribution in [0.25, 0.3) is 0 Å². The molecule has 0 bridgehead atoms. The van der Waals surface area contributed by atoms with Gasteiger partial charge in [-0.2, -0.15) is 0 Å². The Hall–Kier alpha value is -0.380. The van der Waals surface area contributed by atoms with Crippen LogP contribution in [0, 0.1) is 5.92 Å². The Morgan fingerprint density at radius 2 is 2.00 bits per heavy atom. The Morgan fingerprint density at radius 3 is 2.62 bits per heavy atom. The Bertz CT molecular complexity index is 429. The fraction of sp³-hybridized carbons (Fsp3) is 0.667. The lowest BCUT2D eigenvalue weighted by atomic mass is 10.0. The average Bonchev–Trinajstić information content (AvgIpc) is 2.96. The van der Waals surface area contributed by atoms with Gasteiger partial charge < -0.3 is 10.0 Å². The molecular formula is C18H28BrNO. The van der Waals surface area contributed by atoms with Gasteiger partial charge in [0.25, 0.3) is 0 Å².